The van der Waals surface area contributed by atoms with E-state index in [0.717, 1.165) is 0 Å². The molecule has 0 aliphatic carbocycles. The Morgan fingerprint density at radius 3 is 2.47 bits per heavy atom. The summed E-state index contributed by atoms with van der Waals surface area (Å²) in [7, 11) is 0. The Hall–Kier alpha value is -1.33. The molecule has 1 N–H and O–H groups in total. The van der Waals surface area contributed by atoms with E-state index in [2.05, 4.69) is 10.2 Å². The largest absolute Gasteiger partial charge is 0.428 e. The summed E-state index contributed by atoms with van der Waals surface area (Å²) in [4.78, 5) is 16.9. The molecule has 2 aliphatic rings. The molecule has 2 heterocycles. The van der Waals surface area contributed by atoms with E-state index in [-0.39, 0.29) is 12.6 Å². The molecule has 2 fully saturated rings. The lowest BCUT2D eigenvalue weighted by Gasteiger charge is -2.29. The van der Waals surface area contributed by atoms with E-state index in [1.807, 2.05) is 0 Å². The number of rotatable bonds is 1. The predicted octanol–water partition coefficient (Wildman–Crippen LogP) is 0.773. The Kier molecular flexibility index (Phi) is 3.96. The van der Waals surface area contributed by atoms with Gasteiger partial charge in [0, 0.05) is 32.5 Å². The molecule has 0 aromatic heterocycles. The fraction of sp³-hybridized carbons (Fsp3) is 0.818. The minimum atomic E-state index is -4.51. The van der Waals surface area contributed by atoms with Gasteiger partial charge in [0.05, 0.1) is 0 Å². The summed E-state index contributed by atoms with van der Waals surface area (Å²) < 4.78 is 41.9. The first-order valence-electron chi connectivity index (χ1n) is 6.02. The van der Waals surface area contributed by atoms with Crippen LogP contribution in [0.1, 0.15) is 12.8 Å². The summed E-state index contributed by atoms with van der Waals surface area (Å²) in [5.74, 6) is -0.428. The highest BCUT2D eigenvalue weighted by atomic mass is 19.4. The summed E-state index contributed by atoms with van der Waals surface area (Å²) in [6, 6.07) is -0.0883. The molecule has 0 radical (unpaired) electrons. The van der Waals surface area contributed by atoms with Crippen molar-refractivity contribution in [2.75, 3.05) is 19.6 Å². The Morgan fingerprint density at radius 2 is 2.00 bits per heavy atom. The first-order chi connectivity index (χ1) is 8.91. The fourth-order valence-electron chi connectivity index (χ4n) is 2.23. The second kappa shape index (κ2) is 5.35. The lowest BCUT2D eigenvalue weighted by molar-refractivity contribution is -0.221. The predicted molar refractivity (Wildman–Crippen MR) is 58.9 cm³/mol. The van der Waals surface area contributed by atoms with Gasteiger partial charge in [0.2, 0.25) is 12.3 Å². The maximum Gasteiger partial charge on any atom is 0.428 e. The highest BCUT2D eigenvalue weighted by molar-refractivity contribution is 5.81. The highest BCUT2D eigenvalue weighted by Crippen LogP contribution is 2.26. The zero-order valence-corrected chi connectivity index (χ0v) is 10.1. The van der Waals surface area contributed by atoms with Crippen molar-refractivity contribution < 1.29 is 22.7 Å². The van der Waals surface area contributed by atoms with Crippen LogP contribution in [0.5, 0.6) is 0 Å². The molecule has 5 nitrogen and oxygen atoms in total. The average Bonchev–Trinajstić information content (AvgIpc) is 2.87. The normalized spacial score (nSPS) is 29.3. The van der Waals surface area contributed by atoms with Gasteiger partial charge in [-0.3, -0.25) is 10.1 Å². The van der Waals surface area contributed by atoms with Gasteiger partial charge < -0.3 is 14.5 Å². The van der Waals surface area contributed by atoms with E-state index in [9.17, 15) is 18.0 Å². The molecule has 2 rings (SSSR count). The van der Waals surface area contributed by atoms with Gasteiger partial charge in [0.1, 0.15) is 0 Å². The van der Waals surface area contributed by atoms with Gasteiger partial charge in [0.15, 0.2) is 6.10 Å². The van der Waals surface area contributed by atoms with E-state index < -0.39 is 24.4 Å². The fourth-order valence-corrected chi connectivity index (χ4v) is 2.23. The zero-order valence-electron chi connectivity index (χ0n) is 10.1. The molecule has 0 aromatic carbocycles. The summed E-state index contributed by atoms with van der Waals surface area (Å²) >= 11 is 0. The smallest absolute Gasteiger partial charge is 0.340 e. The van der Waals surface area contributed by atoms with E-state index >= 15 is 0 Å². The number of hydrogen-bond donors (Lipinski definition) is 1. The molecule has 0 aromatic rings. The van der Waals surface area contributed by atoms with Crippen molar-refractivity contribution in [1.29, 1.82) is 0 Å². The van der Waals surface area contributed by atoms with Gasteiger partial charge in [0.25, 0.3) is 5.91 Å². The van der Waals surface area contributed by atoms with Crippen LogP contribution in [-0.4, -0.2) is 55.0 Å². The van der Waals surface area contributed by atoms with Crippen LogP contribution >= 0.6 is 0 Å². The van der Waals surface area contributed by atoms with Crippen LogP contribution in [0.4, 0.5) is 13.2 Å². The topological polar surface area (TPSA) is 45.9 Å². The Morgan fingerprint density at radius 1 is 1.37 bits per heavy atom. The molecule has 106 valence electrons. The SMILES string of the molecule is [C-]#[N+]C1CCN(C(=O)[C@@H]2CN[C@@H](C(F)(F)F)O2)CC1. The van der Waals surface area contributed by atoms with E-state index in [0.29, 0.717) is 25.9 Å². The quantitative estimate of drug-likeness (QED) is 0.720. The second-order valence-corrected chi connectivity index (χ2v) is 4.64. The molecule has 0 bridgehead atoms. The standard InChI is InChI=1S/C11H14F3N3O2/c1-15-7-2-4-17(5-3-7)9(18)8-6-16-10(19-8)11(12,13)14/h7-8,10,16H,2-6H2/t8-,10+/m0/s1. The van der Waals surface area contributed by atoms with Crippen LogP contribution < -0.4 is 5.32 Å². The second-order valence-electron chi connectivity index (χ2n) is 4.64. The molecule has 0 spiro atoms. The van der Waals surface area contributed by atoms with Crippen LogP contribution in [0.15, 0.2) is 0 Å². The molecule has 8 heteroatoms. The van der Waals surface area contributed by atoms with Gasteiger partial charge in [-0.15, -0.1) is 0 Å². The molecule has 2 saturated heterocycles. The number of nitrogens with zero attached hydrogens (tertiary/aromatic N) is 2. The molecular formula is C11H14F3N3O2. The number of piperidine rings is 1. The number of amides is 1. The average molecular weight is 277 g/mol. The lowest BCUT2D eigenvalue weighted by atomic mass is 10.1. The monoisotopic (exact) mass is 277 g/mol. The van der Waals surface area contributed by atoms with E-state index in [1.54, 1.807) is 0 Å². The third-order valence-electron chi connectivity index (χ3n) is 3.32. The first-order valence-corrected chi connectivity index (χ1v) is 6.02. The first kappa shape index (κ1) is 14.1. The minimum Gasteiger partial charge on any atom is -0.340 e. The summed E-state index contributed by atoms with van der Waals surface area (Å²) in [5, 5.41) is 2.14. The third-order valence-corrected chi connectivity index (χ3v) is 3.32. The van der Waals surface area contributed by atoms with Crippen molar-refractivity contribution in [2.24, 2.45) is 0 Å². The number of alkyl halides is 3. The van der Waals surface area contributed by atoms with Crippen molar-refractivity contribution in [1.82, 2.24) is 10.2 Å². The van der Waals surface area contributed by atoms with Gasteiger partial charge in [-0.05, 0) is 0 Å². The molecule has 2 atom stereocenters. The number of likely N-dealkylation sites (tertiary alicyclic amines) is 1. The van der Waals surface area contributed by atoms with E-state index in [1.165, 1.54) is 4.90 Å². The van der Waals surface area contributed by atoms with Crippen LogP contribution in [0.3, 0.4) is 0 Å². The lowest BCUT2D eigenvalue weighted by Crippen LogP contribution is -2.45. The highest BCUT2D eigenvalue weighted by Gasteiger charge is 2.48. The van der Waals surface area contributed by atoms with Gasteiger partial charge in [-0.2, -0.15) is 13.2 Å². The van der Waals surface area contributed by atoms with Crippen molar-refractivity contribution in [3.63, 3.8) is 0 Å². The van der Waals surface area contributed by atoms with Crippen molar-refractivity contribution in [2.45, 2.75) is 37.4 Å². The minimum absolute atomic E-state index is 0.0883. The van der Waals surface area contributed by atoms with E-state index in [4.69, 9.17) is 11.3 Å². The number of hydrogen-bond acceptors (Lipinski definition) is 3. The maximum absolute atomic E-state index is 12.4. The van der Waals surface area contributed by atoms with Crippen LogP contribution in [0.25, 0.3) is 4.85 Å². The van der Waals surface area contributed by atoms with Crippen LogP contribution in [-0.2, 0) is 9.53 Å². The molecular weight excluding hydrogens is 263 g/mol. The summed E-state index contributed by atoms with van der Waals surface area (Å²) in [5.41, 5.74) is 0. The van der Waals surface area contributed by atoms with Crippen LogP contribution in [0, 0.1) is 6.57 Å². The molecule has 0 unspecified atom stereocenters. The molecule has 0 saturated carbocycles. The summed E-state index contributed by atoms with van der Waals surface area (Å²) in [6.07, 6.45) is -6.53. The number of carbonyl (C=O) groups is 1. The Labute approximate surface area is 108 Å². The number of ether oxygens (including phenoxy) is 1. The molecule has 19 heavy (non-hydrogen) atoms. The number of nitrogens with one attached hydrogen (secondary N) is 1. The Bertz CT molecular complexity index is 386. The van der Waals surface area contributed by atoms with Crippen LogP contribution in [0.2, 0.25) is 0 Å². The third kappa shape index (κ3) is 3.16. The zero-order chi connectivity index (χ0) is 14.0. The van der Waals surface area contributed by atoms with Crippen molar-refractivity contribution in [3.8, 4) is 0 Å². The number of halogens is 3. The molecule has 2 aliphatic heterocycles. The van der Waals surface area contributed by atoms with Crippen molar-refractivity contribution in [3.05, 3.63) is 11.4 Å². The van der Waals surface area contributed by atoms with Gasteiger partial charge in [-0.1, -0.05) is 0 Å². The Balaban J connectivity index is 1.87. The van der Waals surface area contributed by atoms with Gasteiger partial charge >= 0.3 is 6.18 Å². The molecule has 1 amide bonds. The van der Waals surface area contributed by atoms with Gasteiger partial charge in [-0.25, -0.2) is 6.57 Å². The maximum atomic E-state index is 12.4. The number of carbonyl (C=O) groups excluding carboxylic acids is 1. The summed E-state index contributed by atoms with van der Waals surface area (Å²) in [6.45, 7) is 7.57. The van der Waals surface area contributed by atoms with Crippen molar-refractivity contribution >= 4 is 5.91 Å².